The predicted molar refractivity (Wildman–Crippen MR) is 58.2 cm³/mol. The van der Waals surface area contributed by atoms with Gasteiger partial charge in [0.2, 0.25) is 0 Å². The highest BCUT2D eigenvalue weighted by Gasteiger charge is 1.99. The van der Waals surface area contributed by atoms with Crippen LogP contribution in [0.25, 0.3) is 6.08 Å². The Morgan fingerprint density at radius 1 is 1.60 bits per heavy atom. The van der Waals surface area contributed by atoms with Gasteiger partial charge in [-0.1, -0.05) is 13.8 Å². The molecule has 0 radical (unpaired) electrons. The van der Waals surface area contributed by atoms with E-state index in [1.54, 1.807) is 24.5 Å². The van der Waals surface area contributed by atoms with E-state index in [4.69, 9.17) is 9.15 Å². The van der Waals surface area contributed by atoms with Crippen molar-refractivity contribution in [1.29, 1.82) is 0 Å². The number of hydrogen-bond donors (Lipinski definition) is 0. The average Bonchev–Trinajstić information content (AvgIpc) is 2.66. The fourth-order valence-corrected chi connectivity index (χ4v) is 0.980. The van der Waals surface area contributed by atoms with E-state index >= 15 is 0 Å². The minimum atomic E-state index is -0.327. The largest absolute Gasteiger partial charge is 0.465 e. The van der Waals surface area contributed by atoms with Gasteiger partial charge in [-0.25, -0.2) is 4.79 Å². The number of furan rings is 1. The van der Waals surface area contributed by atoms with Crippen LogP contribution in [0.4, 0.5) is 0 Å². The number of carbonyl (C=O) groups is 1. The number of esters is 1. The first kappa shape index (κ1) is 11.6. The molecule has 3 nitrogen and oxygen atoms in total. The summed E-state index contributed by atoms with van der Waals surface area (Å²) in [4.78, 5) is 11.2. The van der Waals surface area contributed by atoms with Crippen molar-refractivity contribution in [1.82, 2.24) is 0 Å². The predicted octanol–water partition coefficient (Wildman–Crippen LogP) is 2.88. The zero-order valence-electron chi connectivity index (χ0n) is 9.10. The maximum absolute atomic E-state index is 11.2. The van der Waals surface area contributed by atoms with Crippen molar-refractivity contribution in [2.75, 3.05) is 6.61 Å². The molecule has 0 N–H and O–H groups in total. The topological polar surface area (TPSA) is 39.4 Å². The molecule has 0 aliphatic heterocycles. The first-order chi connectivity index (χ1) is 7.18. The lowest BCUT2D eigenvalue weighted by atomic mass is 10.1. The van der Waals surface area contributed by atoms with Gasteiger partial charge in [-0.2, -0.15) is 0 Å². The van der Waals surface area contributed by atoms with Gasteiger partial charge < -0.3 is 9.15 Å². The van der Waals surface area contributed by atoms with Crippen LogP contribution >= 0.6 is 0 Å². The summed E-state index contributed by atoms with van der Waals surface area (Å²) in [6.45, 7) is 4.65. The first-order valence-electron chi connectivity index (χ1n) is 5.07. The van der Waals surface area contributed by atoms with Crippen LogP contribution in [-0.2, 0) is 9.53 Å². The molecule has 0 saturated carbocycles. The van der Waals surface area contributed by atoms with Crippen LogP contribution in [0.1, 0.15) is 26.0 Å². The highest BCUT2D eigenvalue weighted by Crippen LogP contribution is 2.03. The van der Waals surface area contributed by atoms with E-state index in [-0.39, 0.29) is 5.97 Å². The SMILES string of the molecule is CC(C)CCOC(=O)/C=C\c1ccco1. The summed E-state index contributed by atoms with van der Waals surface area (Å²) < 4.78 is 10.0. The van der Waals surface area contributed by atoms with E-state index in [1.807, 2.05) is 0 Å². The summed E-state index contributed by atoms with van der Waals surface area (Å²) in [5.41, 5.74) is 0. The van der Waals surface area contributed by atoms with Crippen LogP contribution in [0.5, 0.6) is 0 Å². The maximum Gasteiger partial charge on any atom is 0.330 e. The van der Waals surface area contributed by atoms with Crippen molar-refractivity contribution < 1.29 is 13.9 Å². The summed E-state index contributed by atoms with van der Waals surface area (Å²) in [7, 11) is 0. The molecule has 0 amide bonds. The van der Waals surface area contributed by atoms with Gasteiger partial charge >= 0.3 is 5.97 Å². The molecule has 0 bridgehead atoms. The van der Waals surface area contributed by atoms with Gasteiger partial charge in [-0.05, 0) is 30.5 Å². The molecule has 0 aliphatic rings. The lowest BCUT2D eigenvalue weighted by Crippen LogP contribution is -2.04. The van der Waals surface area contributed by atoms with Crippen LogP contribution in [-0.4, -0.2) is 12.6 Å². The Kier molecular flexibility index (Phi) is 4.68. The first-order valence-corrected chi connectivity index (χ1v) is 5.07. The van der Waals surface area contributed by atoms with Gasteiger partial charge in [0.05, 0.1) is 12.9 Å². The lowest BCUT2D eigenvalue weighted by molar-refractivity contribution is -0.137. The van der Waals surface area contributed by atoms with E-state index in [0.717, 1.165) is 6.42 Å². The zero-order chi connectivity index (χ0) is 11.1. The Morgan fingerprint density at radius 2 is 2.40 bits per heavy atom. The molecule has 0 aromatic carbocycles. The molecular weight excluding hydrogens is 192 g/mol. The van der Waals surface area contributed by atoms with E-state index in [0.29, 0.717) is 18.3 Å². The second-order valence-corrected chi connectivity index (χ2v) is 3.70. The summed E-state index contributed by atoms with van der Waals surface area (Å²) in [5.74, 6) is 0.870. The molecule has 0 atom stereocenters. The van der Waals surface area contributed by atoms with E-state index in [2.05, 4.69) is 13.8 Å². The smallest absolute Gasteiger partial charge is 0.330 e. The number of carbonyl (C=O) groups excluding carboxylic acids is 1. The lowest BCUT2D eigenvalue weighted by Gasteiger charge is -2.03. The molecule has 1 rings (SSSR count). The van der Waals surface area contributed by atoms with E-state index in [9.17, 15) is 4.79 Å². The molecule has 1 aromatic rings. The zero-order valence-corrected chi connectivity index (χ0v) is 9.10. The van der Waals surface area contributed by atoms with Crippen molar-refractivity contribution in [3.05, 3.63) is 30.2 Å². The van der Waals surface area contributed by atoms with Crippen molar-refractivity contribution in [2.45, 2.75) is 20.3 Å². The second-order valence-electron chi connectivity index (χ2n) is 3.70. The summed E-state index contributed by atoms with van der Waals surface area (Å²) in [6, 6.07) is 3.54. The van der Waals surface area contributed by atoms with Crippen LogP contribution < -0.4 is 0 Å². The molecule has 82 valence electrons. The van der Waals surface area contributed by atoms with Crippen molar-refractivity contribution in [2.24, 2.45) is 5.92 Å². The van der Waals surface area contributed by atoms with Crippen molar-refractivity contribution in [3.8, 4) is 0 Å². The molecule has 1 aromatic heterocycles. The van der Waals surface area contributed by atoms with Gasteiger partial charge in [0.15, 0.2) is 0 Å². The molecular formula is C12H16O3. The molecule has 0 fully saturated rings. The Bertz CT molecular complexity index is 310. The standard InChI is InChI=1S/C12H16O3/c1-10(2)7-9-15-12(13)6-5-11-4-3-8-14-11/h3-6,8,10H,7,9H2,1-2H3/b6-5-. The van der Waals surface area contributed by atoms with Gasteiger partial charge in [0.25, 0.3) is 0 Å². The minimum absolute atomic E-state index is 0.327. The van der Waals surface area contributed by atoms with Crippen LogP contribution in [0, 0.1) is 5.92 Å². The molecule has 0 saturated heterocycles. The fraction of sp³-hybridized carbons (Fsp3) is 0.417. The summed E-state index contributed by atoms with van der Waals surface area (Å²) in [6.07, 6.45) is 5.42. The molecule has 1 heterocycles. The van der Waals surface area contributed by atoms with E-state index < -0.39 is 0 Å². The Hall–Kier alpha value is -1.51. The monoisotopic (exact) mass is 208 g/mol. The second kappa shape index (κ2) is 6.06. The Balaban J connectivity index is 2.24. The van der Waals surface area contributed by atoms with Gasteiger partial charge in [0, 0.05) is 6.08 Å². The number of rotatable bonds is 5. The van der Waals surface area contributed by atoms with E-state index in [1.165, 1.54) is 6.08 Å². The van der Waals surface area contributed by atoms with Crippen LogP contribution in [0.2, 0.25) is 0 Å². The summed E-state index contributed by atoms with van der Waals surface area (Å²) >= 11 is 0. The molecule has 15 heavy (non-hydrogen) atoms. The maximum atomic E-state index is 11.2. The third kappa shape index (κ3) is 5.05. The third-order valence-corrected chi connectivity index (χ3v) is 1.87. The van der Waals surface area contributed by atoms with Crippen molar-refractivity contribution >= 4 is 12.0 Å². The number of hydrogen-bond acceptors (Lipinski definition) is 3. The van der Waals surface area contributed by atoms with Gasteiger partial charge in [-0.3, -0.25) is 0 Å². The fourth-order valence-electron chi connectivity index (χ4n) is 0.980. The van der Waals surface area contributed by atoms with Gasteiger partial charge in [0.1, 0.15) is 5.76 Å². The highest BCUT2D eigenvalue weighted by molar-refractivity contribution is 5.86. The minimum Gasteiger partial charge on any atom is -0.465 e. The molecule has 3 heteroatoms. The van der Waals surface area contributed by atoms with Crippen LogP contribution in [0.3, 0.4) is 0 Å². The van der Waals surface area contributed by atoms with Crippen molar-refractivity contribution in [3.63, 3.8) is 0 Å². The molecule has 0 unspecified atom stereocenters. The third-order valence-electron chi connectivity index (χ3n) is 1.87. The summed E-state index contributed by atoms with van der Waals surface area (Å²) in [5, 5.41) is 0. The molecule has 0 spiro atoms. The average molecular weight is 208 g/mol. The van der Waals surface area contributed by atoms with Crippen LogP contribution in [0.15, 0.2) is 28.9 Å². The number of ether oxygens (including phenoxy) is 1. The van der Waals surface area contributed by atoms with Gasteiger partial charge in [-0.15, -0.1) is 0 Å². The quantitative estimate of drug-likeness (QED) is 0.551. The Labute approximate surface area is 89.7 Å². The normalized spacial score (nSPS) is 11.1. The highest BCUT2D eigenvalue weighted by atomic mass is 16.5. The molecule has 0 aliphatic carbocycles. The Morgan fingerprint density at radius 3 is 3.00 bits per heavy atom.